The van der Waals surface area contributed by atoms with Crippen LogP contribution in [-0.4, -0.2) is 86.7 Å². The van der Waals surface area contributed by atoms with Crippen LogP contribution in [0.25, 0.3) is 0 Å². The number of hydrogen-bond acceptors (Lipinski definition) is 8. The van der Waals surface area contributed by atoms with Gasteiger partial charge in [-0.25, -0.2) is 17.9 Å². The number of hydrogen-bond donors (Lipinski definition) is 3. The van der Waals surface area contributed by atoms with E-state index in [2.05, 4.69) is 47.6 Å². The highest BCUT2D eigenvalue weighted by atomic mass is 32.2. The van der Waals surface area contributed by atoms with E-state index in [9.17, 15) is 13.2 Å². The van der Waals surface area contributed by atoms with E-state index in [1.807, 2.05) is 25.6 Å². The normalized spacial score (nSPS) is 29.0. The first kappa shape index (κ1) is 32.4. The molecule has 1 amide bonds. The Bertz CT molecular complexity index is 957. The highest BCUT2D eigenvalue weighted by Crippen LogP contribution is 2.35. The van der Waals surface area contributed by atoms with Gasteiger partial charge in [-0.05, 0) is 51.4 Å². The first-order chi connectivity index (χ1) is 18.4. The van der Waals surface area contributed by atoms with Gasteiger partial charge in [0.05, 0.1) is 22.1 Å². The Morgan fingerprint density at radius 2 is 1.82 bits per heavy atom. The van der Waals surface area contributed by atoms with E-state index >= 15 is 0 Å². The number of alkyl carbamates (subject to hydrolysis) is 1. The fourth-order valence-corrected chi connectivity index (χ4v) is 8.15. The van der Waals surface area contributed by atoms with Gasteiger partial charge in [0.25, 0.3) is 0 Å². The molecule has 224 valence electrons. The van der Waals surface area contributed by atoms with Gasteiger partial charge in [0.15, 0.2) is 0 Å². The molecule has 3 rings (SSSR count). The molecule has 0 spiro atoms. The number of thioether (sulfide) groups is 1. The maximum atomic E-state index is 12.7. The Balaban J connectivity index is 1.67. The molecule has 1 aliphatic carbocycles. The lowest BCUT2D eigenvalue weighted by Gasteiger charge is -2.43. The first-order valence-corrected chi connectivity index (χ1v) is 17.2. The van der Waals surface area contributed by atoms with E-state index in [-0.39, 0.29) is 41.1 Å². The largest absolute Gasteiger partial charge is 0.447 e. The lowest BCUT2D eigenvalue weighted by atomic mass is 9.86. The number of carbonyl (C=O) groups is 1. The topological polar surface area (TPSA) is 112 Å². The summed E-state index contributed by atoms with van der Waals surface area (Å²) in [5.74, 6) is 2.08. The molecule has 0 bridgehead atoms. The van der Waals surface area contributed by atoms with Crippen LogP contribution in [0.4, 0.5) is 4.79 Å². The SMILES string of the molecule is C=C(C[C@@H]1N=C(C2CCC(NC(=O)OC(C)C)CC2)SCC(NC2CN(CC(C)C)C2)[C@H]1C)S(=O)(=O)NCC. The quantitative estimate of drug-likeness (QED) is 0.318. The van der Waals surface area contributed by atoms with Gasteiger partial charge in [-0.2, -0.15) is 0 Å². The lowest BCUT2D eigenvalue weighted by Crippen LogP contribution is -2.62. The molecule has 2 aliphatic heterocycles. The zero-order valence-electron chi connectivity index (χ0n) is 24.7. The molecule has 3 N–H and O–H groups in total. The molecule has 1 saturated heterocycles. The molecular weight excluding hydrogens is 534 g/mol. The average Bonchev–Trinajstić information content (AvgIpc) is 2.96. The Morgan fingerprint density at radius 3 is 2.41 bits per heavy atom. The van der Waals surface area contributed by atoms with Gasteiger partial charge in [-0.1, -0.05) is 34.3 Å². The summed E-state index contributed by atoms with van der Waals surface area (Å²) < 4.78 is 33.2. The van der Waals surface area contributed by atoms with Gasteiger partial charge in [-0.3, -0.25) is 9.89 Å². The van der Waals surface area contributed by atoms with Crippen molar-refractivity contribution in [2.45, 2.75) is 104 Å². The number of amides is 1. The summed E-state index contributed by atoms with van der Waals surface area (Å²) >= 11 is 1.83. The van der Waals surface area contributed by atoms with E-state index in [1.54, 1.807) is 6.92 Å². The third-order valence-corrected chi connectivity index (χ3v) is 10.7. The smallest absolute Gasteiger partial charge is 0.407 e. The van der Waals surface area contributed by atoms with Crippen LogP contribution < -0.4 is 15.4 Å². The maximum Gasteiger partial charge on any atom is 0.407 e. The van der Waals surface area contributed by atoms with Crippen molar-refractivity contribution in [3.63, 3.8) is 0 Å². The Kier molecular flexibility index (Phi) is 12.2. The molecule has 39 heavy (non-hydrogen) atoms. The molecule has 9 nitrogen and oxygen atoms in total. The second-order valence-electron chi connectivity index (χ2n) is 12.2. The third kappa shape index (κ3) is 9.73. The molecule has 1 unspecified atom stereocenters. The van der Waals surface area contributed by atoms with Gasteiger partial charge in [0.2, 0.25) is 10.0 Å². The molecular formula is C28H51N5O4S2. The molecule has 0 aromatic carbocycles. The number of sulfonamides is 1. The predicted octanol–water partition coefficient (Wildman–Crippen LogP) is 3.97. The Morgan fingerprint density at radius 1 is 1.15 bits per heavy atom. The van der Waals surface area contributed by atoms with E-state index in [1.165, 1.54) is 0 Å². The van der Waals surface area contributed by atoms with E-state index in [4.69, 9.17) is 9.73 Å². The minimum atomic E-state index is -3.57. The number of aliphatic imine (C=N–C) groups is 1. The summed E-state index contributed by atoms with van der Waals surface area (Å²) in [6, 6.07) is 0.660. The van der Waals surface area contributed by atoms with Crippen LogP contribution in [0.2, 0.25) is 0 Å². The summed E-state index contributed by atoms with van der Waals surface area (Å²) in [6.45, 7) is 19.7. The van der Waals surface area contributed by atoms with Crippen LogP contribution in [0, 0.1) is 17.8 Å². The van der Waals surface area contributed by atoms with Crippen molar-refractivity contribution in [3.05, 3.63) is 11.5 Å². The van der Waals surface area contributed by atoms with E-state index in [0.717, 1.165) is 56.1 Å². The molecule has 0 aromatic heterocycles. The van der Waals surface area contributed by atoms with Gasteiger partial charge >= 0.3 is 6.09 Å². The number of nitrogens with zero attached hydrogens (tertiary/aromatic N) is 2. The Hall–Kier alpha value is -1.14. The van der Waals surface area contributed by atoms with Gasteiger partial charge in [-0.15, -0.1) is 11.8 Å². The third-order valence-electron chi connectivity index (χ3n) is 7.87. The van der Waals surface area contributed by atoms with Gasteiger partial charge in [0.1, 0.15) is 0 Å². The van der Waals surface area contributed by atoms with Crippen LogP contribution in [0.5, 0.6) is 0 Å². The van der Waals surface area contributed by atoms with Gasteiger partial charge < -0.3 is 15.4 Å². The standard InChI is InChI=1S/C28H51N5O4S2/c1-8-29-39(35,36)20(6)13-25-21(7)26(30-24-15-33(16-24)14-18(2)3)17-38-27(32-25)22-9-11-23(12-10-22)31-28(34)37-19(4)5/h18-19,21-26,29-30H,6,8-17H2,1-5,7H3,(H,31,34)/t21-,22?,23?,25-,26?/m0/s1. The van der Waals surface area contributed by atoms with Crippen LogP contribution in [0.1, 0.15) is 73.6 Å². The fraction of sp³-hybridized carbons (Fsp3) is 0.857. The number of nitrogens with one attached hydrogen (secondary N) is 3. The number of carbonyl (C=O) groups excluding carboxylic acids is 1. The van der Waals surface area contributed by atoms with Crippen LogP contribution in [0.15, 0.2) is 16.5 Å². The second kappa shape index (κ2) is 14.7. The highest BCUT2D eigenvalue weighted by molar-refractivity contribution is 8.14. The van der Waals surface area contributed by atoms with Gasteiger partial charge in [0, 0.05) is 62.4 Å². The van der Waals surface area contributed by atoms with Crippen LogP contribution >= 0.6 is 11.8 Å². The van der Waals surface area contributed by atoms with E-state index < -0.39 is 10.0 Å². The summed E-state index contributed by atoms with van der Waals surface area (Å²) in [7, 11) is -3.57. The fourth-order valence-electron chi connectivity index (χ4n) is 5.75. The number of ether oxygens (including phenoxy) is 1. The lowest BCUT2D eigenvalue weighted by molar-refractivity contribution is 0.0990. The van der Waals surface area contributed by atoms with Crippen molar-refractivity contribution in [3.8, 4) is 0 Å². The second-order valence-corrected chi connectivity index (χ2v) is 15.1. The van der Waals surface area contributed by atoms with Crippen LogP contribution in [-0.2, 0) is 14.8 Å². The molecule has 2 heterocycles. The summed E-state index contributed by atoms with van der Waals surface area (Å²) in [6.07, 6.45) is 3.50. The van der Waals surface area contributed by atoms with Crippen molar-refractivity contribution in [2.75, 3.05) is 31.9 Å². The highest BCUT2D eigenvalue weighted by Gasteiger charge is 2.37. The van der Waals surface area contributed by atoms with E-state index in [0.29, 0.717) is 30.8 Å². The summed E-state index contributed by atoms with van der Waals surface area (Å²) in [4.78, 5) is 20.0. The zero-order chi connectivity index (χ0) is 28.7. The Labute approximate surface area is 240 Å². The molecule has 11 heteroatoms. The number of rotatable bonds is 12. The van der Waals surface area contributed by atoms with Crippen molar-refractivity contribution < 1.29 is 17.9 Å². The van der Waals surface area contributed by atoms with Crippen molar-refractivity contribution in [1.29, 1.82) is 0 Å². The average molecular weight is 586 g/mol. The minimum Gasteiger partial charge on any atom is -0.447 e. The maximum absolute atomic E-state index is 12.7. The molecule has 3 aliphatic rings. The van der Waals surface area contributed by atoms with Crippen molar-refractivity contribution in [1.82, 2.24) is 20.3 Å². The molecule has 2 fully saturated rings. The predicted molar refractivity (Wildman–Crippen MR) is 162 cm³/mol. The molecule has 3 atom stereocenters. The van der Waals surface area contributed by atoms with Crippen molar-refractivity contribution in [2.24, 2.45) is 22.7 Å². The van der Waals surface area contributed by atoms with Crippen LogP contribution in [0.3, 0.4) is 0 Å². The minimum absolute atomic E-state index is 0.116. The number of likely N-dealkylation sites (tertiary alicyclic amines) is 1. The first-order valence-electron chi connectivity index (χ1n) is 14.7. The molecule has 1 saturated carbocycles. The summed E-state index contributed by atoms with van der Waals surface area (Å²) in [5.41, 5.74) is 0. The van der Waals surface area contributed by atoms with Crippen molar-refractivity contribution >= 4 is 32.9 Å². The zero-order valence-corrected chi connectivity index (χ0v) is 26.4. The summed E-state index contributed by atoms with van der Waals surface area (Å²) in [5, 5.41) is 8.03. The molecule has 0 radical (unpaired) electrons. The monoisotopic (exact) mass is 585 g/mol. The molecule has 0 aromatic rings.